The quantitative estimate of drug-likeness (QED) is 0.669. The van der Waals surface area contributed by atoms with Gasteiger partial charge in [-0.05, 0) is 38.0 Å². The molecule has 0 unspecified atom stereocenters. The molecule has 0 radical (unpaired) electrons. The minimum atomic E-state index is 0.470. The summed E-state index contributed by atoms with van der Waals surface area (Å²) in [5.74, 6) is 0. The zero-order valence-electron chi connectivity index (χ0n) is 13.0. The summed E-state index contributed by atoms with van der Waals surface area (Å²) in [7, 11) is 1.69. The monoisotopic (exact) mass is 280 g/mol. The summed E-state index contributed by atoms with van der Waals surface area (Å²) in [5, 5.41) is 0. The van der Waals surface area contributed by atoms with E-state index in [-0.39, 0.29) is 0 Å². The van der Waals surface area contributed by atoms with Crippen LogP contribution in [0.3, 0.4) is 0 Å². The summed E-state index contributed by atoms with van der Waals surface area (Å²) >= 11 is 0. The predicted molar refractivity (Wildman–Crippen MR) is 84.1 cm³/mol. The van der Waals surface area contributed by atoms with Crippen molar-refractivity contribution in [3.63, 3.8) is 0 Å². The molecule has 114 valence electrons. The Hall–Kier alpha value is -1.10. The minimum Gasteiger partial charge on any atom is -0.382 e. The lowest BCUT2D eigenvalue weighted by Crippen LogP contribution is -2.32. The fraction of sp³-hybridized carbons (Fsp3) is 0.625. The first-order valence-electron chi connectivity index (χ1n) is 7.31. The Bertz CT molecular complexity index is 352. The van der Waals surface area contributed by atoms with Gasteiger partial charge in [0.2, 0.25) is 0 Å². The molecule has 0 amide bonds. The molecule has 0 fully saturated rings. The summed E-state index contributed by atoms with van der Waals surface area (Å²) < 4.78 is 10.5. The maximum atomic E-state index is 5.63. The molecule has 1 aromatic carbocycles. The van der Waals surface area contributed by atoms with Gasteiger partial charge in [0.05, 0.1) is 13.2 Å². The third kappa shape index (κ3) is 5.90. The third-order valence-corrected chi connectivity index (χ3v) is 3.25. The van der Waals surface area contributed by atoms with Crippen molar-refractivity contribution in [3.05, 3.63) is 29.8 Å². The molecule has 0 spiro atoms. The SMILES string of the molecule is COCCOCCCN(c1ccc(CN)cc1)C(C)C. The number of anilines is 1. The summed E-state index contributed by atoms with van der Waals surface area (Å²) in [5.41, 5.74) is 8.05. The number of rotatable bonds is 10. The second-order valence-corrected chi connectivity index (χ2v) is 5.12. The number of nitrogens with zero attached hydrogens (tertiary/aromatic N) is 1. The lowest BCUT2D eigenvalue weighted by atomic mass is 10.1. The van der Waals surface area contributed by atoms with E-state index < -0.39 is 0 Å². The van der Waals surface area contributed by atoms with Gasteiger partial charge in [-0.15, -0.1) is 0 Å². The average molecular weight is 280 g/mol. The van der Waals surface area contributed by atoms with Crippen LogP contribution in [0.5, 0.6) is 0 Å². The normalized spacial score (nSPS) is 11.1. The summed E-state index contributed by atoms with van der Waals surface area (Å²) in [6, 6.07) is 8.96. The van der Waals surface area contributed by atoms with Gasteiger partial charge in [0.1, 0.15) is 0 Å². The van der Waals surface area contributed by atoms with Gasteiger partial charge in [0.15, 0.2) is 0 Å². The molecule has 0 atom stereocenters. The molecule has 1 rings (SSSR count). The van der Waals surface area contributed by atoms with Crippen LogP contribution in [0, 0.1) is 0 Å². The van der Waals surface area contributed by atoms with E-state index in [2.05, 4.69) is 43.0 Å². The zero-order valence-corrected chi connectivity index (χ0v) is 13.0. The highest BCUT2D eigenvalue weighted by Crippen LogP contribution is 2.18. The van der Waals surface area contributed by atoms with E-state index in [1.165, 1.54) is 11.3 Å². The Morgan fingerprint density at radius 3 is 2.35 bits per heavy atom. The molecule has 4 nitrogen and oxygen atoms in total. The van der Waals surface area contributed by atoms with E-state index in [0.29, 0.717) is 25.8 Å². The number of nitrogens with two attached hydrogens (primary N) is 1. The van der Waals surface area contributed by atoms with Gasteiger partial charge in [-0.3, -0.25) is 0 Å². The number of benzene rings is 1. The average Bonchev–Trinajstić information content (AvgIpc) is 2.46. The maximum absolute atomic E-state index is 5.63. The molecule has 20 heavy (non-hydrogen) atoms. The van der Waals surface area contributed by atoms with Crippen molar-refractivity contribution in [2.75, 3.05) is 38.4 Å². The first kappa shape index (κ1) is 17.0. The van der Waals surface area contributed by atoms with Crippen molar-refractivity contribution in [1.82, 2.24) is 0 Å². The van der Waals surface area contributed by atoms with Gasteiger partial charge >= 0.3 is 0 Å². The second-order valence-electron chi connectivity index (χ2n) is 5.12. The molecule has 0 saturated heterocycles. The highest BCUT2D eigenvalue weighted by atomic mass is 16.5. The van der Waals surface area contributed by atoms with Crippen LogP contribution in [0.2, 0.25) is 0 Å². The predicted octanol–water partition coefficient (Wildman–Crippen LogP) is 2.41. The Labute approximate surface area is 122 Å². The molecule has 0 aliphatic heterocycles. The van der Waals surface area contributed by atoms with E-state index in [4.69, 9.17) is 15.2 Å². The van der Waals surface area contributed by atoms with Crippen molar-refractivity contribution >= 4 is 5.69 Å². The highest BCUT2D eigenvalue weighted by molar-refractivity contribution is 5.48. The van der Waals surface area contributed by atoms with Crippen molar-refractivity contribution in [1.29, 1.82) is 0 Å². The zero-order chi connectivity index (χ0) is 14.8. The van der Waals surface area contributed by atoms with Crippen molar-refractivity contribution in [3.8, 4) is 0 Å². The summed E-state index contributed by atoms with van der Waals surface area (Å²) in [4.78, 5) is 2.39. The molecule has 0 aliphatic rings. The van der Waals surface area contributed by atoms with Crippen LogP contribution in [0.1, 0.15) is 25.8 Å². The number of ether oxygens (including phenoxy) is 2. The molecule has 2 N–H and O–H groups in total. The smallest absolute Gasteiger partial charge is 0.0700 e. The van der Waals surface area contributed by atoms with Crippen molar-refractivity contribution in [2.24, 2.45) is 5.73 Å². The maximum Gasteiger partial charge on any atom is 0.0700 e. The molecule has 1 aromatic rings. The Morgan fingerprint density at radius 1 is 1.10 bits per heavy atom. The van der Waals surface area contributed by atoms with Gasteiger partial charge < -0.3 is 20.1 Å². The second kappa shape index (κ2) is 9.75. The largest absolute Gasteiger partial charge is 0.382 e. The van der Waals surface area contributed by atoms with E-state index in [0.717, 1.165) is 19.6 Å². The van der Waals surface area contributed by atoms with Gasteiger partial charge in [0, 0.05) is 38.5 Å². The van der Waals surface area contributed by atoms with E-state index in [1.54, 1.807) is 7.11 Å². The number of methoxy groups -OCH3 is 1. The molecule has 0 aliphatic carbocycles. The fourth-order valence-corrected chi connectivity index (χ4v) is 2.09. The summed E-state index contributed by atoms with van der Waals surface area (Å²) in [6.45, 7) is 8.11. The fourth-order valence-electron chi connectivity index (χ4n) is 2.09. The lowest BCUT2D eigenvalue weighted by molar-refractivity contribution is 0.0699. The number of hydrogen-bond donors (Lipinski definition) is 1. The first-order chi connectivity index (χ1) is 9.69. The topological polar surface area (TPSA) is 47.7 Å². The Morgan fingerprint density at radius 2 is 1.80 bits per heavy atom. The van der Waals surface area contributed by atoms with Gasteiger partial charge in [-0.1, -0.05) is 12.1 Å². The molecule has 4 heteroatoms. The van der Waals surface area contributed by atoms with Gasteiger partial charge in [0.25, 0.3) is 0 Å². The Balaban J connectivity index is 2.43. The third-order valence-electron chi connectivity index (χ3n) is 3.25. The van der Waals surface area contributed by atoms with E-state index in [9.17, 15) is 0 Å². The van der Waals surface area contributed by atoms with E-state index in [1.807, 2.05) is 0 Å². The molecule has 0 bridgehead atoms. The standard InChI is InChI=1S/C16H28N2O2/c1-14(2)18(9-4-10-20-12-11-19-3)16-7-5-15(13-17)6-8-16/h5-8,14H,4,9-13,17H2,1-3H3. The van der Waals surface area contributed by atoms with Gasteiger partial charge in [-0.2, -0.15) is 0 Å². The Kier molecular flexibility index (Phi) is 8.26. The molecule has 0 aromatic heterocycles. The molecule has 0 heterocycles. The minimum absolute atomic E-state index is 0.470. The molecular weight excluding hydrogens is 252 g/mol. The van der Waals surface area contributed by atoms with Crippen LogP contribution in [-0.2, 0) is 16.0 Å². The molecular formula is C16H28N2O2. The first-order valence-corrected chi connectivity index (χ1v) is 7.31. The van der Waals surface area contributed by atoms with Crippen LogP contribution in [0.25, 0.3) is 0 Å². The van der Waals surface area contributed by atoms with Crippen LogP contribution in [0.4, 0.5) is 5.69 Å². The summed E-state index contributed by atoms with van der Waals surface area (Å²) in [6.07, 6.45) is 1.01. The van der Waals surface area contributed by atoms with E-state index >= 15 is 0 Å². The van der Waals surface area contributed by atoms with Crippen LogP contribution in [0.15, 0.2) is 24.3 Å². The molecule has 0 saturated carbocycles. The number of hydrogen-bond acceptors (Lipinski definition) is 4. The highest BCUT2D eigenvalue weighted by Gasteiger charge is 2.09. The van der Waals surface area contributed by atoms with Crippen LogP contribution in [-0.4, -0.2) is 39.5 Å². The van der Waals surface area contributed by atoms with Crippen molar-refractivity contribution < 1.29 is 9.47 Å². The van der Waals surface area contributed by atoms with Crippen molar-refractivity contribution in [2.45, 2.75) is 32.9 Å². The van der Waals surface area contributed by atoms with Crippen LogP contribution >= 0.6 is 0 Å². The van der Waals surface area contributed by atoms with Crippen LogP contribution < -0.4 is 10.6 Å². The lowest BCUT2D eigenvalue weighted by Gasteiger charge is -2.29. The van der Waals surface area contributed by atoms with Gasteiger partial charge in [-0.25, -0.2) is 0 Å².